The van der Waals surface area contributed by atoms with Crippen LogP contribution in [-0.2, 0) is 23.9 Å². The molecular formula is C29H42O9. The molecule has 0 amide bonds. The standard InChI is InChI=1S/C29H42O9/c1-16(2)22-6-5-18(12-30)9-19(22)10-20(13-31)27(34)38-15-29(36)8-7-23(17(3)4)24-11-21(26(32)33)14-37-28(35)25(24)29/h9-11,16-17,19,22-25,30-31,36H,5-8,12-15H2,1-4H3,(H,32,33)/b20-10+/t19-,22-,23-,24-,25+,29-/m0/s1. The Morgan fingerprint density at radius 2 is 1.82 bits per heavy atom. The van der Waals surface area contributed by atoms with Crippen LogP contribution in [0, 0.1) is 41.4 Å². The lowest BCUT2D eigenvalue weighted by atomic mass is 9.61. The van der Waals surface area contributed by atoms with Crippen molar-refractivity contribution in [2.75, 3.05) is 26.4 Å². The Hall–Kier alpha value is -2.49. The second-order valence-corrected chi connectivity index (χ2v) is 11.6. The van der Waals surface area contributed by atoms with Gasteiger partial charge >= 0.3 is 17.9 Å². The number of esters is 2. The highest BCUT2D eigenvalue weighted by Crippen LogP contribution is 2.47. The van der Waals surface area contributed by atoms with E-state index < -0.39 is 48.6 Å². The molecule has 38 heavy (non-hydrogen) atoms. The maximum Gasteiger partial charge on any atom is 0.336 e. The third-order valence-electron chi connectivity index (χ3n) is 8.58. The molecule has 1 fully saturated rings. The van der Waals surface area contributed by atoms with Gasteiger partial charge in [0, 0.05) is 0 Å². The van der Waals surface area contributed by atoms with Crippen molar-refractivity contribution in [1.82, 2.24) is 0 Å². The molecule has 0 bridgehead atoms. The quantitative estimate of drug-likeness (QED) is 0.199. The van der Waals surface area contributed by atoms with Crippen molar-refractivity contribution in [3.8, 4) is 0 Å². The zero-order valence-corrected chi connectivity index (χ0v) is 22.8. The first-order valence-electron chi connectivity index (χ1n) is 13.5. The van der Waals surface area contributed by atoms with E-state index in [9.17, 15) is 34.8 Å². The Morgan fingerprint density at radius 1 is 1.13 bits per heavy atom. The number of carboxylic acids is 1. The van der Waals surface area contributed by atoms with Gasteiger partial charge in [-0.1, -0.05) is 45.9 Å². The Balaban J connectivity index is 1.84. The third kappa shape index (κ3) is 6.55. The van der Waals surface area contributed by atoms with Crippen LogP contribution in [0.2, 0.25) is 0 Å². The van der Waals surface area contributed by atoms with Crippen LogP contribution in [-0.4, -0.2) is 70.4 Å². The molecule has 1 aliphatic heterocycles. The van der Waals surface area contributed by atoms with Crippen LogP contribution in [0.5, 0.6) is 0 Å². The average molecular weight is 535 g/mol. The molecule has 3 aliphatic rings. The number of rotatable bonds is 9. The van der Waals surface area contributed by atoms with Gasteiger partial charge in [-0.25, -0.2) is 9.59 Å². The first-order valence-corrected chi connectivity index (χ1v) is 13.5. The van der Waals surface area contributed by atoms with Crippen molar-refractivity contribution in [2.24, 2.45) is 41.4 Å². The summed E-state index contributed by atoms with van der Waals surface area (Å²) < 4.78 is 10.7. The molecule has 2 aliphatic carbocycles. The SMILES string of the molecule is CC(C)[C@@H]1CC[C@](O)(COC(=O)/C(=C/[C@@H]2C=C(CO)CC[C@H]2C(C)C)CO)[C@H]2C(=O)OCC(C(=O)O)=C[C@@H]12. The average Bonchev–Trinajstić information content (AvgIpc) is 3.05. The lowest BCUT2D eigenvalue weighted by Crippen LogP contribution is -2.55. The molecule has 1 heterocycles. The summed E-state index contributed by atoms with van der Waals surface area (Å²) in [6.07, 6.45) is 7.46. The number of hydrogen-bond acceptors (Lipinski definition) is 8. The van der Waals surface area contributed by atoms with E-state index in [1.54, 1.807) is 6.08 Å². The van der Waals surface area contributed by atoms with Crippen molar-refractivity contribution in [3.05, 3.63) is 34.9 Å². The largest absolute Gasteiger partial charge is 0.478 e. The van der Waals surface area contributed by atoms with Crippen LogP contribution in [0.15, 0.2) is 34.9 Å². The van der Waals surface area contributed by atoms with Crippen LogP contribution < -0.4 is 0 Å². The smallest absolute Gasteiger partial charge is 0.336 e. The van der Waals surface area contributed by atoms with Crippen LogP contribution in [0.25, 0.3) is 0 Å². The van der Waals surface area contributed by atoms with Crippen molar-refractivity contribution in [1.29, 1.82) is 0 Å². The van der Waals surface area contributed by atoms with Crippen molar-refractivity contribution < 1.29 is 44.3 Å². The zero-order valence-electron chi connectivity index (χ0n) is 22.8. The van der Waals surface area contributed by atoms with E-state index in [0.29, 0.717) is 12.3 Å². The molecule has 0 radical (unpaired) electrons. The minimum atomic E-state index is -1.75. The second kappa shape index (κ2) is 12.6. The Kier molecular flexibility index (Phi) is 9.95. The first-order chi connectivity index (χ1) is 17.9. The molecule has 4 N–H and O–H groups in total. The normalized spacial score (nSPS) is 32.2. The number of allylic oxidation sites excluding steroid dienone is 3. The van der Waals surface area contributed by atoms with Crippen LogP contribution >= 0.6 is 0 Å². The molecule has 9 heteroatoms. The summed E-state index contributed by atoms with van der Waals surface area (Å²) in [5, 5.41) is 40.7. The van der Waals surface area contributed by atoms with Crippen LogP contribution in [0.3, 0.4) is 0 Å². The van der Waals surface area contributed by atoms with Gasteiger partial charge in [0.05, 0.1) is 30.3 Å². The molecule has 0 aromatic heterocycles. The highest BCUT2D eigenvalue weighted by molar-refractivity contribution is 5.89. The van der Waals surface area contributed by atoms with Crippen molar-refractivity contribution >= 4 is 17.9 Å². The summed E-state index contributed by atoms with van der Waals surface area (Å²) in [6, 6.07) is 0. The minimum Gasteiger partial charge on any atom is -0.478 e. The number of cyclic esters (lactones) is 1. The second-order valence-electron chi connectivity index (χ2n) is 11.6. The Morgan fingerprint density at radius 3 is 2.39 bits per heavy atom. The zero-order chi connectivity index (χ0) is 28.2. The molecule has 1 saturated carbocycles. The molecule has 3 rings (SSSR count). The lowest BCUT2D eigenvalue weighted by molar-refractivity contribution is -0.181. The summed E-state index contributed by atoms with van der Waals surface area (Å²) in [5.41, 5.74) is -0.852. The van der Waals surface area contributed by atoms with Gasteiger partial charge in [-0.05, 0) is 66.8 Å². The predicted molar refractivity (Wildman–Crippen MR) is 139 cm³/mol. The molecular weight excluding hydrogens is 492 g/mol. The van der Waals surface area contributed by atoms with Gasteiger partial charge in [-0.2, -0.15) is 0 Å². The van der Waals surface area contributed by atoms with E-state index in [2.05, 4.69) is 13.8 Å². The van der Waals surface area contributed by atoms with Crippen LogP contribution in [0.1, 0.15) is 53.4 Å². The fourth-order valence-electron chi connectivity index (χ4n) is 6.36. The van der Waals surface area contributed by atoms with Gasteiger partial charge in [0.25, 0.3) is 0 Å². The molecule has 0 aromatic rings. The number of carboxylic acid groups (broad SMARTS) is 1. The first kappa shape index (κ1) is 30.1. The lowest BCUT2D eigenvalue weighted by Gasteiger charge is -2.46. The van der Waals surface area contributed by atoms with Gasteiger partial charge in [0.1, 0.15) is 18.8 Å². The molecule has 0 unspecified atom stereocenters. The fraction of sp³-hybridized carbons (Fsp3) is 0.690. The number of aliphatic carboxylic acids is 1. The third-order valence-corrected chi connectivity index (χ3v) is 8.58. The number of aliphatic hydroxyl groups excluding tert-OH is 2. The molecule has 9 nitrogen and oxygen atoms in total. The highest BCUT2D eigenvalue weighted by atomic mass is 16.6. The van der Waals surface area contributed by atoms with E-state index in [1.165, 1.54) is 6.08 Å². The monoisotopic (exact) mass is 534 g/mol. The number of fused-ring (bicyclic) bond motifs is 1. The van der Waals surface area contributed by atoms with E-state index in [4.69, 9.17) is 9.47 Å². The number of carbonyl (C=O) groups excluding carboxylic acids is 2. The van der Waals surface area contributed by atoms with Gasteiger partial charge in [-0.15, -0.1) is 0 Å². The molecule has 0 spiro atoms. The molecule has 0 aromatic carbocycles. The molecule has 6 atom stereocenters. The summed E-state index contributed by atoms with van der Waals surface area (Å²) in [7, 11) is 0. The molecule has 0 saturated heterocycles. The number of aliphatic hydroxyl groups is 3. The fourth-order valence-corrected chi connectivity index (χ4v) is 6.36. The van der Waals surface area contributed by atoms with Crippen molar-refractivity contribution in [3.63, 3.8) is 0 Å². The van der Waals surface area contributed by atoms with Gasteiger partial charge in [0.15, 0.2) is 0 Å². The Bertz CT molecular complexity index is 992. The molecule has 212 valence electrons. The minimum absolute atomic E-state index is 0.0364. The predicted octanol–water partition coefficient (Wildman–Crippen LogP) is 2.65. The van der Waals surface area contributed by atoms with Gasteiger partial charge in [-0.3, -0.25) is 4.79 Å². The summed E-state index contributed by atoms with van der Waals surface area (Å²) in [5.74, 6) is -3.91. The van der Waals surface area contributed by atoms with Gasteiger partial charge in [0.2, 0.25) is 0 Å². The Labute approximate surface area is 224 Å². The van der Waals surface area contributed by atoms with Gasteiger partial charge < -0.3 is 29.9 Å². The van der Waals surface area contributed by atoms with Crippen LogP contribution in [0.4, 0.5) is 0 Å². The van der Waals surface area contributed by atoms with E-state index in [0.717, 1.165) is 18.4 Å². The van der Waals surface area contributed by atoms with E-state index in [1.807, 2.05) is 19.9 Å². The number of hydrogen-bond donors (Lipinski definition) is 4. The van der Waals surface area contributed by atoms with Crippen molar-refractivity contribution in [2.45, 2.75) is 59.0 Å². The topological polar surface area (TPSA) is 151 Å². The summed E-state index contributed by atoms with van der Waals surface area (Å²) in [4.78, 5) is 37.8. The maximum atomic E-state index is 13.0. The van der Waals surface area contributed by atoms with E-state index >= 15 is 0 Å². The summed E-state index contributed by atoms with van der Waals surface area (Å²) >= 11 is 0. The number of carbonyl (C=O) groups is 3. The number of ether oxygens (including phenoxy) is 2. The highest BCUT2D eigenvalue weighted by Gasteiger charge is 2.54. The van der Waals surface area contributed by atoms with E-state index in [-0.39, 0.29) is 54.5 Å². The maximum absolute atomic E-state index is 13.0. The summed E-state index contributed by atoms with van der Waals surface area (Å²) in [6.45, 7) is 6.66.